The second-order valence-corrected chi connectivity index (χ2v) is 7.04. The molecule has 0 bridgehead atoms. The Bertz CT molecular complexity index is 724. The number of nitrogens with one attached hydrogen (secondary N) is 1. The van der Waals surface area contributed by atoms with Gasteiger partial charge in [0.25, 0.3) is 0 Å². The molecule has 25 heavy (non-hydrogen) atoms. The quantitative estimate of drug-likeness (QED) is 0.896. The van der Waals surface area contributed by atoms with E-state index in [1.165, 1.54) is 5.06 Å². The number of aryl methyl sites for hydroxylation is 1. The minimum absolute atomic E-state index is 0.123. The standard InChI is InChI=1S/C18H23N3O3S/c1-12-16(13(2)20-18(22)21-10-4-5-11-24-21)25-17(19-12)14-6-8-15(23-3)9-7-14/h6-9,13H,4-5,10-11H2,1-3H3,(H,20,22). The molecular weight excluding hydrogens is 338 g/mol. The van der Waals surface area contributed by atoms with E-state index >= 15 is 0 Å². The molecule has 2 aromatic rings. The Morgan fingerprint density at radius 3 is 2.76 bits per heavy atom. The molecule has 1 saturated heterocycles. The molecule has 134 valence electrons. The van der Waals surface area contributed by atoms with E-state index in [0.717, 1.165) is 39.7 Å². The molecule has 1 aromatic heterocycles. The summed E-state index contributed by atoms with van der Waals surface area (Å²) in [5.74, 6) is 0.819. The molecule has 1 atom stereocenters. The molecule has 0 spiro atoms. The first-order chi connectivity index (χ1) is 12.1. The average molecular weight is 361 g/mol. The van der Waals surface area contributed by atoms with E-state index in [1.807, 2.05) is 38.1 Å². The van der Waals surface area contributed by atoms with Crippen LogP contribution in [0.1, 0.15) is 36.4 Å². The van der Waals surface area contributed by atoms with Gasteiger partial charge in [-0.15, -0.1) is 11.3 Å². The Labute approximate surface area is 151 Å². The molecule has 0 saturated carbocycles. The predicted octanol–water partition coefficient (Wildman–Crippen LogP) is 3.93. The molecule has 3 rings (SSSR count). The van der Waals surface area contributed by atoms with E-state index in [2.05, 4.69) is 10.3 Å². The van der Waals surface area contributed by atoms with Gasteiger partial charge in [0.1, 0.15) is 10.8 Å². The summed E-state index contributed by atoms with van der Waals surface area (Å²) in [6.07, 6.45) is 1.97. The highest BCUT2D eigenvalue weighted by Crippen LogP contribution is 2.32. The van der Waals surface area contributed by atoms with Crippen molar-refractivity contribution in [2.45, 2.75) is 32.7 Å². The number of rotatable bonds is 4. The van der Waals surface area contributed by atoms with E-state index in [4.69, 9.17) is 9.57 Å². The van der Waals surface area contributed by atoms with E-state index in [0.29, 0.717) is 13.2 Å². The number of ether oxygens (including phenoxy) is 1. The summed E-state index contributed by atoms with van der Waals surface area (Å²) < 4.78 is 5.19. The molecule has 7 heteroatoms. The zero-order valence-corrected chi connectivity index (χ0v) is 15.6. The van der Waals surface area contributed by atoms with Crippen molar-refractivity contribution in [3.63, 3.8) is 0 Å². The summed E-state index contributed by atoms with van der Waals surface area (Å²) >= 11 is 1.60. The summed E-state index contributed by atoms with van der Waals surface area (Å²) in [6, 6.07) is 7.51. The highest BCUT2D eigenvalue weighted by molar-refractivity contribution is 7.15. The zero-order chi connectivity index (χ0) is 17.8. The van der Waals surface area contributed by atoms with Crippen molar-refractivity contribution >= 4 is 17.4 Å². The van der Waals surface area contributed by atoms with E-state index < -0.39 is 0 Å². The van der Waals surface area contributed by atoms with Crippen molar-refractivity contribution < 1.29 is 14.4 Å². The van der Waals surface area contributed by atoms with Crippen LogP contribution in [0, 0.1) is 6.92 Å². The molecule has 0 aliphatic carbocycles. The van der Waals surface area contributed by atoms with Gasteiger partial charge < -0.3 is 10.1 Å². The zero-order valence-electron chi connectivity index (χ0n) is 14.7. The lowest BCUT2D eigenvalue weighted by molar-refractivity contribution is -0.139. The third kappa shape index (κ3) is 4.11. The van der Waals surface area contributed by atoms with Gasteiger partial charge in [-0.25, -0.2) is 14.8 Å². The van der Waals surface area contributed by atoms with Gasteiger partial charge >= 0.3 is 6.03 Å². The van der Waals surface area contributed by atoms with Crippen LogP contribution in [0.15, 0.2) is 24.3 Å². The molecule has 1 aromatic carbocycles. The van der Waals surface area contributed by atoms with Crippen molar-refractivity contribution in [1.82, 2.24) is 15.4 Å². The third-order valence-corrected chi connectivity index (χ3v) is 5.52. The van der Waals surface area contributed by atoms with Gasteiger partial charge in [0.15, 0.2) is 0 Å². The highest BCUT2D eigenvalue weighted by atomic mass is 32.1. The Morgan fingerprint density at radius 2 is 2.12 bits per heavy atom. The molecule has 2 heterocycles. The molecule has 1 aliphatic rings. The molecule has 0 radical (unpaired) electrons. The first-order valence-electron chi connectivity index (χ1n) is 8.41. The van der Waals surface area contributed by atoms with Crippen LogP contribution in [-0.2, 0) is 4.84 Å². The smallest absolute Gasteiger partial charge is 0.341 e. The van der Waals surface area contributed by atoms with Gasteiger partial charge in [-0.05, 0) is 51.0 Å². The lowest BCUT2D eigenvalue weighted by Crippen LogP contribution is -2.43. The van der Waals surface area contributed by atoms with Crippen molar-refractivity contribution in [2.24, 2.45) is 0 Å². The predicted molar refractivity (Wildman–Crippen MR) is 97.7 cm³/mol. The lowest BCUT2D eigenvalue weighted by Gasteiger charge is -2.27. The Balaban J connectivity index is 1.71. The van der Waals surface area contributed by atoms with Crippen LogP contribution >= 0.6 is 11.3 Å². The van der Waals surface area contributed by atoms with Gasteiger partial charge in [0, 0.05) is 5.56 Å². The van der Waals surface area contributed by atoms with Crippen LogP contribution in [0.5, 0.6) is 5.75 Å². The van der Waals surface area contributed by atoms with Crippen LogP contribution in [-0.4, -0.2) is 36.3 Å². The summed E-state index contributed by atoms with van der Waals surface area (Å²) in [5.41, 5.74) is 1.97. The number of aromatic nitrogens is 1. The number of hydroxylamine groups is 2. The van der Waals surface area contributed by atoms with Gasteiger partial charge in [-0.3, -0.25) is 4.84 Å². The summed E-state index contributed by atoms with van der Waals surface area (Å²) in [4.78, 5) is 23.4. The molecular formula is C18H23N3O3S. The van der Waals surface area contributed by atoms with Gasteiger partial charge in [0.2, 0.25) is 0 Å². The third-order valence-electron chi connectivity index (χ3n) is 4.13. The maximum Gasteiger partial charge on any atom is 0.341 e. The second kappa shape index (κ2) is 7.84. The lowest BCUT2D eigenvalue weighted by atomic mass is 10.2. The number of benzene rings is 1. The first-order valence-corrected chi connectivity index (χ1v) is 9.23. The van der Waals surface area contributed by atoms with E-state index in [-0.39, 0.29) is 12.1 Å². The number of nitrogens with zero attached hydrogens (tertiary/aromatic N) is 2. The van der Waals surface area contributed by atoms with Crippen molar-refractivity contribution in [2.75, 3.05) is 20.3 Å². The monoisotopic (exact) mass is 361 g/mol. The minimum Gasteiger partial charge on any atom is -0.497 e. The first kappa shape index (κ1) is 17.7. The van der Waals surface area contributed by atoms with Gasteiger partial charge in [0.05, 0.1) is 36.9 Å². The van der Waals surface area contributed by atoms with Crippen molar-refractivity contribution in [3.05, 3.63) is 34.8 Å². The van der Waals surface area contributed by atoms with Crippen LogP contribution in [0.25, 0.3) is 10.6 Å². The number of hydrogen-bond acceptors (Lipinski definition) is 5. The van der Waals surface area contributed by atoms with Crippen LogP contribution in [0.2, 0.25) is 0 Å². The molecule has 2 amide bonds. The minimum atomic E-state index is -0.189. The number of carbonyl (C=O) groups is 1. The number of thiazole rings is 1. The molecule has 6 nitrogen and oxygen atoms in total. The Hall–Kier alpha value is -2.12. The molecule has 1 N–H and O–H groups in total. The SMILES string of the molecule is COc1ccc(-c2nc(C)c(C(C)NC(=O)N3CCCCO3)s2)cc1. The highest BCUT2D eigenvalue weighted by Gasteiger charge is 2.22. The fourth-order valence-electron chi connectivity index (χ4n) is 2.75. The van der Waals surface area contributed by atoms with Gasteiger partial charge in [-0.2, -0.15) is 0 Å². The number of urea groups is 1. The molecule has 1 aliphatic heterocycles. The Morgan fingerprint density at radius 1 is 1.36 bits per heavy atom. The van der Waals surface area contributed by atoms with Crippen LogP contribution in [0.3, 0.4) is 0 Å². The Kier molecular flexibility index (Phi) is 5.55. The maximum absolute atomic E-state index is 12.3. The van der Waals surface area contributed by atoms with Gasteiger partial charge in [-0.1, -0.05) is 0 Å². The summed E-state index contributed by atoms with van der Waals surface area (Å²) in [6.45, 7) is 5.18. The number of carbonyl (C=O) groups excluding carboxylic acids is 1. The number of amides is 2. The summed E-state index contributed by atoms with van der Waals surface area (Å²) in [5, 5.41) is 5.36. The average Bonchev–Trinajstić information content (AvgIpc) is 3.04. The topological polar surface area (TPSA) is 63.7 Å². The van der Waals surface area contributed by atoms with Crippen molar-refractivity contribution in [3.8, 4) is 16.3 Å². The number of methoxy groups -OCH3 is 1. The fraction of sp³-hybridized carbons (Fsp3) is 0.444. The number of hydrogen-bond donors (Lipinski definition) is 1. The van der Waals surface area contributed by atoms with Crippen LogP contribution < -0.4 is 10.1 Å². The second-order valence-electron chi connectivity index (χ2n) is 6.01. The van der Waals surface area contributed by atoms with E-state index in [1.54, 1.807) is 18.4 Å². The maximum atomic E-state index is 12.3. The molecule has 1 fully saturated rings. The van der Waals surface area contributed by atoms with E-state index in [9.17, 15) is 4.79 Å². The normalized spacial score (nSPS) is 15.7. The fourth-order valence-corrected chi connectivity index (χ4v) is 3.82. The largest absolute Gasteiger partial charge is 0.497 e. The van der Waals surface area contributed by atoms with Crippen molar-refractivity contribution in [1.29, 1.82) is 0 Å². The van der Waals surface area contributed by atoms with Crippen LogP contribution in [0.4, 0.5) is 4.79 Å². The summed E-state index contributed by atoms with van der Waals surface area (Å²) in [7, 11) is 1.65. The molecule has 1 unspecified atom stereocenters.